The summed E-state index contributed by atoms with van der Waals surface area (Å²) in [6.07, 6.45) is 9.97. The molecule has 0 unspecified atom stereocenters. The van der Waals surface area contributed by atoms with Gasteiger partial charge in [0.25, 0.3) is 5.91 Å². The van der Waals surface area contributed by atoms with Gasteiger partial charge >= 0.3 is 0 Å². The molecule has 142 valence electrons. The Kier molecular flexibility index (Phi) is 7.04. The van der Waals surface area contributed by atoms with Crippen LogP contribution in [0.4, 0.5) is 5.13 Å². The Morgan fingerprint density at radius 3 is 2.63 bits per heavy atom. The molecule has 3 rings (SSSR count). The van der Waals surface area contributed by atoms with Crippen LogP contribution in [0.3, 0.4) is 0 Å². The van der Waals surface area contributed by atoms with Gasteiger partial charge in [-0.1, -0.05) is 73.8 Å². The lowest BCUT2D eigenvalue weighted by atomic mass is 10.1. The van der Waals surface area contributed by atoms with Gasteiger partial charge in [0.2, 0.25) is 5.13 Å². The van der Waals surface area contributed by atoms with E-state index in [0.717, 1.165) is 23.5 Å². The molecule has 0 aliphatic carbocycles. The number of para-hydroxylation sites is 1. The molecule has 7 nitrogen and oxygen atoms in total. The zero-order valence-electron chi connectivity index (χ0n) is 15.5. The topological polar surface area (TPSA) is 85.6 Å². The number of aryl methyl sites for hydroxylation is 1. The van der Waals surface area contributed by atoms with E-state index in [9.17, 15) is 4.79 Å². The normalized spacial score (nSPS) is 10.9. The second-order valence-corrected chi connectivity index (χ2v) is 7.42. The van der Waals surface area contributed by atoms with Gasteiger partial charge in [-0.3, -0.25) is 10.1 Å². The standard InChI is InChI=1S/C19H24N6OS/c1-2-3-4-5-6-10-13-17-22-23-19(27-17)20-18(26)16-14-25(24-21-16)15-11-8-7-9-12-15/h7-9,11-12,14H,2-6,10,13H2,1H3,(H,20,23,26). The van der Waals surface area contributed by atoms with Crippen LogP contribution in [0, 0.1) is 0 Å². The third kappa shape index (κ3) is 5.68. The molecule has 2 heterocycles. The summed E-state index contributed by atoms with van der Waals surface area (Å²) in [4.78, 5) is 12.3. The van der Waals surface area contributed by atoms with E-state index in [1.807, 2.05) is 30.3 Å². The molecular formula is C19H24N6OS. The highest BCUT2D eigenvalue weighted by Crippen LogP contribution is 2.18. The van der Waals surface area contributed by atoms with Gasteiger partial charge in [0.05, 0.1) is 11.9 Å². The number of anilines is 1. The first-order valence-electron chi connectivity index (χ1n) is 9.38. The maximum absolute atomic E-state index is 12.3. The van der Waals surface area contributed by atoms with Crippen LogP contribution < -0.4 is 5.32 Å². The minimum Gasteiger partial charge on any atom is -0.295 e. The smallest absolute Gasteiger partial charge is 0.279 e. The van der Waals surface area contributed by atoms with Gasteiger partial charge in [-0.05, 0) is 18.6 Å². The van der Waals surface area contributed by atoms with E-state index in [1.54, 1.807) is 10.9 Å². The number of benzene rings is 1. The Balaban J connectivity index is 1.49. The number of carbonyl (C=O) groups excluding carboxylic acids is 1. The number of aromatic nitrogens is 5. The Bertz CT molecular complexity index is 845. The summed E-state index contributed by atoms with van der Waals surface area (Å²) in [6, 6.07) is 9.53. The number of rotatable bonds is 10. The van der Waals surface area contributed by atoms with Gasteiger partial charge < -0.3 is 0 Å². The summed E-state index contributed by atoms with van der Waals surface area (Å²) in [7, 11) is 0. The molecular weight excluding hydrogens is 360 g/mol. The molecule has 0 bridgehead atoms. The van der Waals surface area contributed by atoms with E-state index in [2.05, 4.69) is 32.7 Å². The lowest BCUT2D eigenvalue weighted by Crippen LogP contribution is -2.12. The van der Waals surface area contributed by atoms with Crippen LogP contribution in [0.15, 0.2) is 36.5 Å². The first-order chi connectivity index (χ1) is 13.3. The Hall–Kier alpha value is -2.61. The highest BCUT2D eigenvalue weighted by molar-refractivity contribution is 7.15. The van der Waals surface area contributed by atoms with Crippen LogP contribution in [-0.4, -0.2) is 31.1 Å². The van der Waals surface area contributed by atoms with Gasteiger partial charge in [-0.15, -0.1) is 15.3 Å². The highest BCUT2D eigenvalue weighted by Gasteiger charge is 2.14. The maximum Gasteiger partial charge on any atom is 0.279 e. The van der Waals surface area contributed by atoms with Crippen molar-refractivity contribution in [3.05, 3.63) is 47.2 Å². The fourth-order valence-corrected chi connectivity index (χ4v) is 3.47. The lowest BCUT2D eigenvalue weighted by molar-refractivity contribution is 0.102. The minimum atomic E-state index is -0.334. The zero-order chi connectivity index (χ0) is 18.9. The number of unbranched alkanes of at least 4 members (excludes halogenated alkanes) is 5. The van der Waals surface area contributed by atoms with E-state index in [0.29, 0.717) is 5.13 Å². The number of hydrogen-bond acceptors (Lipinski definition) is 6. The molecule has 0 saturated carbocycles. The summed E-state index contributed by atoms with van der Waals surface area (Å²) in [5, 5.41) is 20.4. The summed E-state index contributed by atoms with van der Waals surface area (Å²) < 4.78 is 1.57. The van der Waals surface area contributed by atoms with Crippen LogP contribution in [0.1, 0.15) is 60.9 Å². The van der Waals surface area contributed by atoms with E-state index < -0.39 is 0 Å². The summed E-state index contributed by atoms with van der Waals surface area (Å²) in [6.45, 7) is 2.22. The van der Waals surface area contributed by atoms with E-state index in [4.69, 9.17) is 0 Å². The molecule has 1 N–H and O–H groups in total. The zero-order valence-corrected chi connectivity index (χ0v) is 16.3. The molecule has 0 radical (unpaired) electrons. The van der Waals surface area contributed by atoms with Gasteiger partial charge in [-0.2, -0.15) is 0 Å². The third-order valence-corrected chi connectivity index (χ3v) is 5.08. The fraction of sp³-hybridized carbons (Fsp3) is 0.421. The van der Waals surface area contributed by atoms with Crippen LogP contribution in [0.5, 0.6) is 0 Å². The van der Waals surface area contributed by atoms with Crippen molar-refractivity contribution in [2.45, 2.75) is 51.9 Å². The summed E-state index contributed by atoms with van der Waals surface area (Å²) >= 11 is 1.42. The molecule has 0 saturated heterocycles. The largest absolute Gasteiger partial charge is 0.295 e. The van der Waals surface area contributed by atoms with Crippen molar-refractivity contribution >= 4 is 22.4 Å². The number of amides is 1. The molecule has 1 aromatic carbocycles. The van der Waals surface area contributed by atoms with Crippen molar-refractivity contribution in [1.82, 2.24) is 25.2 Å². The van der Waals surface area contributed by atoms with Crippen molar-refractivity contribution in [1.29, 1.82) is 0 Å². The van der Waals surface area contributed by atoms with E-state index in [1.165, 1.54) is 43.4 Å². The van der Waals surface area contributed by atoms with Crippen LogP contribution in [-0.2, 0) is 6.42 Å². The predicted octanol–water partition coefficient (Wildman–Crippen LogP) is 4.27. The van der Waals surface area contributed by atoms with Gasteiger partial charge in [0, 0.05) is 6.42 Å². The second kappa shape index (κ2) is 9.91. The Morgan fingerprint density at radius 2 is 1.81 bits per heavy atom. The molecule has 3 aromatic rings. The highest BCUT2D eigenvalue weighted by atomic mass is 32.1. The monoisotopic (exact) mass is 384 g/mol. The van der Waals surface area contributed by atoms with Crippen molar-refractivity contribution < 1.29 is 4.79 Å². The van der Waals surface area contributed by atoms with E-state index >= 15 is 0 Å². The van der Waals surface area contributed by atoms with Crippen LogP contribution in [0.2, 0.25) is 0 Å². The molecule has 0 aliphatic rings. The van der Waals surface area contributed by atoms with Crippen molar-refractivity contribution in [3.8, 4) is 5.69 Å². The van der Waals surface area contributed by atoms with Gasteiger partial charge in [0.15, 0.2) is 5.69 Å². The average Bonchev–Trinajstić information content (AvgIpc) is 3.35. The fourth-order valence-electron chi connectivity index (χ4n) is 2.70. The van der Waals surface area contributed by atoms with Crippen molar-refractivity contribution in [3.63, 3.8) is 0 Å². The molecule has 8 heteroatoms. The molecule has 0 spiro atoms. The first-order valence-corrected chi connectivity index (χ1v) is 10.2. The van der Waals surface area contributed by atoms with Crippen molar-refractivity contribution in [2.75, 3.05) is 5.32 Å². The predicted molar refractivity (Wildman–Crippen MR) is 106 cm³/mol. The number of carbonyl (C=O) groups is 1. The lowest BCUT2D eigenvalue weighted by Gasteiger charge is -1.98. The SMILES string of the molecule is CCCCCCCCc1nnc(NC(=O)c2cn(-c3ccccc3)nn2)s1. The molecule has 0 aliphatic heterocycles. The molecule has 2 aromatic heterocycles. The number of nitrogens with zero attached hydrogens (tertiary/aromatic N) is 5. The molecule has 0 fully saturated rings. The molecule has 0 atom stereocenters. The number of nitrogens with one attached hydrogen (secondary N) is 1. The van der Waals surface area contributed by atoms with Gasteiger partial charge in [-0.25, -0.2) is 4.68 Å². The van der Waals surface area contributed by atoms with Gasteiger partial charge in [0.1, 0.15) is 5.01 Å². The Labute approximate surface area is 162 Å². The summed E-state index contributed by atoms with van der Waals surface area (Å²) in [5.41, 5.74) is 1.09. The number of hydrogen-bond donors (Lipinski definition) is 1. The molecule has 1 amide bonds. The maximum atomic E-state index is 12.3. The first kappa shape index (κ1) is 19.2. The van der Waals surface area contributed by atoms with Crippen LogP contribution in [0.25, 0.3) is 5.69 Å². The summed E-state index contributed by atoms with van der Waals surface area (Å²) in [5.74, 6) is -0.334. The minimum absolute atomic E-state index is 0.242. The third-order valence-electron chi connectivity index (χ3n) is 4.18. The van der Waals surface area contributed by atoms with Crippen LogP contribution >= 0.6 is 11.3 Å². The Morgan fingerprint density at radius 1 is 1.04 bits per heavy atom. The molecule has 27 heavy (non-hydrogen) atoms. The van der Waals surface area contributed by atoms with Crippen molar-refractivity contribution in [2.24, 2.45) is 0 Å². The van der Waals surface area contributed by atoms with E-state index in [-0.39, 0.29) is 11.6 Å². The average molecular weight is 385 g/mol. The second-order valence-electron chi connectivity index (χ2n) is 6.36. The quantitative estimate of drug-likeness (QED) is 0.528.